The molecule has 4 nitrogen and oxygen atoms in total. The normalized spacial score (nSPS) is 10.4. The Kier molecular flexibility index (Phi) is 3.41. The zero-order chi connectivity index (χ0) is 8.10. The van der Waals surface area contributed by atoms with Crippen molar-refractivity contribution in [2.75, 3.05) is 12.4 Å². The van der Waals surface area contributed by atoms with E-state index in [9.17, 15) is 0 Å². The molecule has 0 aliphatic heterocycles. The van der Waals surface area contributed by atoms with Gasteiger partial charge in [0.1, 0.15) is 6.26 Å². The van der Waals surface area contributed by atoms with Crippen LogP contribution in [0.5, 0.6) is 0 Å². The Bertz CT molecular complexity index is 214. The van der Waals surface area contributed by atoms with Crippen molar-refractivity contribution in [3.05, 3.63) is 12.0 Å². The number of aromatic nitrogens is 1. The highest BCUT2D eigenvalue weighted by Gasteiger charge is 1.99. The van der Waals surface area contributed by atoms with Crippen LogP contribution in [0.25, 0.3) is 0 Å². The summed E-state index contributed by atoms with van der Waals surface area (Å²) in [6.45, 7) is 2.39. The second-order valence-corrected chi connectivity index (χ2v) is 3.02. The van der Waals surface area contributed by atoms with E-state index in [0.29, 0.717) is 11.8 Å². The largest absolute Gasteiger partial charge is 0.440 e. The van der Waals surface area contributed by atoms with Crippen LogP contribution in [-0.2, 0) is 4.84 Å². The molecule has 2 N–H and O–H groups in total. The van der Waals surface area contributed by atoms with Gasteiger partial charge >= 0.3 is 0 Å². The highest BCUT2D eigenvalue weighted by atomic mass is 32.2. The number of nitrogens with two attached hydrogens (primary N) is 1. The fraction of sp³-hybridized carbons (Fsp3) is 0.500. The van der Waals surface area contributed by atoms with Gasteiger partial charge in [0.25, 0.3) is 5.22 Å². The number of nitrogens with zero attached hydrogens (tertiary/aromatic N) is 1. The zero-order valence-electron chi connectivity index (χ0n) is 6.24. The van der Waals surface area contributed by atoms with Crippen LogP contribution in [-0.4, -0.2) is 17.3 Å². The van der Waals surface area contributed by atoms with Gasteiger partial charge in [-0.05, 0) is 6.92 Å². The molecule has 0 unspecified atom stereocenters. The van der Waals surface area contributed by atoms with Crippen molar-refractivity contribution in [1.82, 2.24) is 4.98 Å². The van der Waals surface area contributed by atoms with E-state index in [4.69, 9.17) is 10.3 Å². The van der Waals surface area contributed by atoms with Crippen LogP contribution in [0.15, 0.2) is 15.9 Å². The van der Waals surface area contributed by atoms with Gasteiger partial charge in [0.15, 0.2) is 0 Å². The lowest BCUT2D eigenvalue weighted by Gasteiger charge is -1.92. The third kappa shape index (κ3) is 2.92. The first-order chi connectivity index (χ1) is 5.33. The molecule has 0 fully saturated rings. The second kappa shape index (κ2) is 4.38. The van der Waals surface area contributed by atoms with Crippen molar-refractivity contribution >= 4 is 11.8 Å². The molecule has 0 spiro atoms. The molecule has 0 atom stereocenters. The number of oxazole rings is 1. The first-order valence-electron chi connectivity index (χ1n) is 3.19. The number of aryl methyl sites for hydroxylation is 1. The van der Waals surface area contributed by atoms with Gasteiger partial charge in [-0.1, -0.05) is 11.8 Å². The van der Waals surface area contributed by atoms with E-state index in [2.05, 4.69) is 9.82 Å². The Morgan fingerprint density at radius 3 is 3.18 bits per heavy atom. The molecule has 0 bridgehead atoms. The molecule has 1 heterocycles. The first-order valence-corrected chi connectivity index (χ1v) is 4.18. The van der Waals surface area contributed by atoms with Gasteiger partial charge in [-0.15, -0.1) is 0 Å². The van der Waals surface area contributed by atoms with E-state index in [1.165, 1.54) is 11.8 Å². The molecule has 1 aromatic rings. The first kappa shape index (κ1) is 8.58. The predicted molar refractivity (Wildman–Crippen MR) is 42.1 cm³/mol. The molecule has 11 heavy (non-hydrogen) atoms. The lowest BCUT2D eigenvalue weighted by Crippen LogP contribution is -2.02. The van der Waals surface area contributed by atoms with Crippen LogP contribution in [0.2, 0.25) is 0 Å². The van der Waals surface area contributed by atoms with Crippen LogP contribution in [0.3, 0.4) is 0 Å². The third-order valence-electron chi connectivity index (χ3n) is 1.02. The Morgan fingerprint density at radius 1 is 1.82 bits per heavy atom. The molecular weight excluding hydrogens is 164 g/mol. The van der Waals surface area contributed by atoms with Crippen molar-refractivity contribution in [1.29, 1.82) is 0 Å². The summed E-state index contributed by atoms with van der Waals surface area (Å²) in [4.78, 5) is 8.46. The average Bonchev–Trinajstić information content (AvgIpc) is 2.37. The van der Waals surface area contributed by atoms with Crippen molar-refractivity contribution in [2.24, 2.45) is 5.90 Å². The number of hydrogen-bond acceptors (Lipinski definition) is 5. The standard InChI is InChI=1S/C6H10N2O2S/c1-5-4-9-6(8-5)11-3-2-10-7/h4H,2-3,7H2,1H3. The van der Waals surface area contributed by atoms with Crippen LogP contribution in [0.1, 0.15) is 5.69 Å². The summed E-state index contributed by atoms with van der Waals surface area (Å²) < 4.78 is 5.07. The maximum Gasteiger partial charge on any atom is 0.255 e. The van der Waals surface area contributed by atoms with Crippen LogP contribution >= 0.6 is 11.8 Å². The number of rotatable bonds is 4. The highest BCUT2D eigenvalue weighted by molar-refractivity contribution is 7.99. The predicted octanol–water partition coefficient (Wildman–Crippen LogP) is 0.965. The van der Waals surface area contributed by atoms with E-state index >= 15 is 0 Å². The van der Waals surface area contributed by atoms with E-state index in [-0.39, 0.29) is 0 Å². The van der Waals surface area contributed by atoms with Crippen molar-refractivity contribution in [3.63, 3.8) is 0 Å². The molecule has 1 aromatic heterocycles. The lowest BCUT2D eigenvalue weighted by atomic mass is 10.6. The Hall–Kier alpha value is -0.520. The quantitative estimate of drug-likeness (QED) is 0.418. The van der Waals surface area contributed by atoms with Gasteiger partial charge in [-0.3, -0.25) is 0 Å². The van der Waals surface area contributed by atoms with E-state index < -0.39 is 0 Å². The lowest BCUT2D eigenvalue weighted by molar-refractivity contribution is 0.155. The molecule has 0 radical (unpaired) electrons. The van der Waals surface area contributed by atoms with Gasteiger partial charge < -0.3 is 9.25 Å². The fourth-order valence-electron chi connectivity index (χ4n) is 0.576. The molecule has 1 rings (SSSR count). The molecule has 0 saturated heterocycles. The van der Waals surface area contributed by atoms with Gasteiger partial charge in [-0.25, -0.2) is 10.9 Å². The molecule has 0 aliphatic rings. The fourth-order valence-corrected chi connectivity index (χ4v) is 1.25. The van der Waals surface area contributed by atoms with Gasteiger partial charge in [0, 0.05) is 5.75 Å². The monoisotopic (exact) mass is 174 g/mol. The highest BCUT2D eigenvalue weighted by Crippen LogP contribution is 2.15. The van der Waals surface area contributed by atoms with Crippen molar-refractivity contribution in [3.8, 4) is 0 Å². The third-order valence-corrected chi connectivity index (χ3v) is 1.83. The van der Waals surface area contributed by atoms with Gasteiger partial charge in [-0.2, -0.15) is 0 Å². The van der Waals surface area contributed by atoms with Gasteiger partial charge in [0.05, 0.1) is 12.3 Å². The maximum atomic E-state index is 5.07. The minimum Gasteiger partial charge on any atom is -0.440 e. The summed E-state index contributed by atoms with van der Waals surface area (Å²) in [5, 5.41) is 0.666. The van der Waals surface area contributed by atoms with Crippen molar-refractivity contribution < 1.29 is 9.25 Å². The Labute approximate surface area is 69.1 Å². The van der Waals surface area contributed by atoms with Crippen LogP contribution in [0.4, 0.5) is 0 Å². The summed E-state index contributed by atoms with van der Waals surface area (Å²) >= 11 is 1.48. The van der Waals surface area contributed by atoms with E-state index in [0.717, 1.165) is 11.4 Å². The minimum atomic E-state index is 0.506. The van der Waals surface area contributed by atoms with Crippen LogP contribution < -0.4 is 5.90 Å². The second-order valence-electron chi connectivity index (χ2n) is 1.97. The van der Waals surface area contributed by atoms with E-state index in [1.54, 1.807) is 6.26 Å². The smallest absolute Gasteiger partial charge is 0.255 e. The Balaban J connectivity index is 2.27. The molecule has 62 valence electrons. The molecular formula is C6H10N2O2S. The van der Waals surface area contributed by atoms with Gasteiger partial charge in [0.2, 0.25) is 0 Å². The SMILES string of the molecule is Cc1coc(SCCON)n1. The van der Waals surface area contributed by atoms with Crippen molar-refractivity contribution in [2.45, 2.75) is 12.1 Å². The maximum absolute atomic E-state index is 5.07. The summed E-state index contributed by atoms with van der Waals surface area (Å²) in [5.41, 5.74) is 0.890. The molecule has 0 aliphatic carbocycles. The molecule has 0 saturated carbocycles. The molecule has 0 amide bonds. The minimum absolute atomic E-state index is 0.506. The number of thioether (sulfide) groups is 1. The molecule has 0 aromatic carbocycles. The topological polar surface area (TPSA) is 61.3 Å². The number of hydrogen-bond donors (Lipinski definition) is 1. The summed E-state index contributed by atoms with van der Waals surface area (Å²) in [7, 11) is 0. The summed E-state index contributed by atoms with van der Waals surface area (Å²) in [5.74, 6) is 5.59. The summed E-state index contributed by atoms with van der Waals surface area (Å²) in [6, 6.07) is 0. The zero-order valence-corrected chi connectivity index (χ0v) is 7.06. The van der Waals surface area contributed by atoms with E-state index in [1.807, 2.05) is 6.92 Å². The Morgan fingerprint density at radius 2 is 2.64 bits per heavy atom. The van der Waals surface area contributed by atoms with Crippen LogP contribution in [0, 0.1) is 6.92 Å². The molecule has 5 heteroatoms. The average molecular weight is 174 g/mol. The summed E-state index contributed by atoms with van der Waals surface area (Å²) in [6.07, 6.45) is 1.62.